The molecule has 1 atom stereocenters. The predicted octanol–water partition coefficient (Wildman–Crippen LogP) is 4.58. The topological polar surface area (TPSA) is 58.6 Å². The van der Waals surface area contributed by atoms with E-state index in [9.17, 15) is 14.0 Å². The van der Waals surface area contributed by atoms with Gasteiger partial charge in [-0.1, -0.05) is 43.6 Å². The second-order valence-corrected chi connectivity index (χ2v) is 8.99. The SMILES string of the molecule is COc1cc(C2CCN(C(=O)[C@H](NC(=O)Cc3ccc(F)cc3)C(C)C)CC2)ccc1Cl. The molecule has 1 fully saturated rings. The van der Waals surface area contributed by atoms with Crippen molar-refractivity contribution in [1.29, 1.82) is 0 Å². The molecule has 2 aromatic rings. The molecule has 32 heavy (non-hydrogen) atoms. The van der Waals surface area contributed by atoms with Crippen LogP contribution in [0.3, 0.4) is 0 Å². The fourth-order valence-electron chi connectivity index (χ4n) is 4.09. The number of nitrogens with zero attached hydrogens (tertiary/aromatic N) is 1. The number of rotatable bonds is 7. The molecule has 1 N–H and O–H groups in total. The Kier molecular flexibility index (Phi) is 8.13. The molecule has 0 bridgehead atoms. The highest BCUT2D eigenvalue weighted by molar-refractivity contribution is 6.32. The van der Waals surface area contributed by atoms with Gasteiger partial charge in [0.25, 0.3) is 0 Å². The Labute approximate surface area is 193 Å². The predicted molar refractivity (Wildman–Crippen MR) is 123 cm³/mol. The van der Waals surface area contributed by atoms with E-state index in [-0.39, 0.29) is 30.0 Å². The Morgan fingerprint density at radius 2 is 1.81 bits per heavy atom. The largest absolute Gasteiger partial charge is 0.495 e. The molecule has 0 saturated carbocycles. The number of ether oxygens (including phenoxy) is 1. The maximum atomic E-state index is 13.2. The first kappa shape index (κ1) is 24.1. The van der Waals surface area contributed by atoms with Crippen LogP contribution < -0.4 is 10.1 Å². The van der Waals surface area contributed by atoms with E-state index in [1.807, 2.05) is 36.9 Å². The summed E-state index contributed by atoms with van der Waals surface area (Å²) in [7, 11) is 1.60. The number of hydrogen-bond acceptors (Lipinski definition) is 3. The lowest BCUT2D eigenvalue weighted by Crippen LogP contribution is -2.53. The van der Waals surface area contributed by atoms with Crippen molar-refractivity contribution in [3.05, 3.63) is 64.4 Å². The van der Waals surface area contributed by atoms with Crippen LogP contribution >= 0.6 is 11.6 Å². The van der Waals surface area contributed by atoms with Crippen LogP contribution in [0.1, 0.15) is 43.7 Å². The highest BCUT2D eigenvalue weighted by atomic mass is 35.5. The number of methoxy groups -OCH3 is 1. The molecule has 7 heteroatoms. The van der Waals surface area contributed by atoms with Gasteiger partial charge in [0.1, 0.15) is 17.6 Å². The Morgan fingerprint density at radius 3 is 2.41 bits per heavy atom. The molecule has 0 spiro atoms. The molecule has 3 rings (SSSR count). The third-order valence-corrected chi connectivity index (χ3v) is 6.29. The lowest BCUT2D eigenvalue weighted by atomic mass is 9.88. The molecule has 2 aromatic carbocycles. The second-order valence-electron chi connectivity index (χ2n) is 8.59. The zero-order chi connectivity index (χ0) is 23.3. The van der Waals surface area contributed by atoms with Gasteiger partial charge in [0.05, 0.1) is 18.6 Å². The van der Waals surface area contributed by atoms with E-state index in [0.717, 1.165) is 18.4 Å². The van der Waals surface area contributed by atoms with Crippen molar-refractivity contribution in [2.75, 3.05) is 20.2 Å². The van der Waals surface area contributed by atoms with Gasteiger partial charge in [-0.3, -0.25) is 9.59 Å². The molecule has 1 aliphatic rings. The summed E-state index contributed by atoms with van der Waals surface area (Å²) in [6, 6.07) is 11.1. The summed E-state index contributed by atoms with van der Waals surface area (Å²) < 4.78 is 18.4. The second kappa shape index (κ2) is 10.8. The van der Waals surface area contributed by atoms with Crippen molar-refractivity contribution in [1.82, 2.24) is 10.2 Å². The number of hydrogen-bond donors (Lipinski definition) is 1. The molecule has 0 unspecified atom stereocenters. The highest BCUT2D eigenvalue weighted by Gasteiger charge is 2.31. The number of carbonyl (C=O) groups excluding carboxylic acids is 2. The van der Waals surface area contributed by atoms with Crippen LogP contribution in [0.15, 0.2) is 42.5 Å². The summed E-state index contributed by atoms with van der Waals surface area (Å²) >= 11 is 6.13. The zero-order valence-electron chi connectivity index (χ0n) is 18.7. The zero-order valence-corrected chi connectivity index (χ0v) is 19.5. The molecule has 172 valence electrons. The van der Waals surface area contributed by atoms with Gasteiger partial charge in [0.15, 0.2) is 0 Å². The first-order chi connectivity index (χ1) is 15.3. The van der Waals surface area contributed by atoms with E-state index < -0.39 is 6.04 Å². The molecule has 1 aliphatic heterocycles. The number of likely N-dealkylation sites (tertiary alicyclic amines) is 1. The van der Waals surface area contributed by atoms with E-state index in [1.165, 1.54) is 12.1 Å². The number of piperidine rings is 1. The van der Waals surface area contributed by atoms with E-state index in [0.29, 0.717) is 35.3 Å². The molecule has 0 aliphatic carbocycles. The van der Waals surface area contributed by atoms with E-state index >= 15 is 0 Å². The third-order valence-electron chi connectivity index (χ3n) is 5.98. The molecule has 0 aromatic heterocycles. The highest BCUT2D eigenvalue weighted by Crippen LogP contribution is 2.33. The first-order valence-corrected chi connectivity index (χ1v) is 11.3. The van der Waals surface area contributed by atoms with Gasteiger partial charge in [-0.25, -0.2) is 4.39 Å². The van der Waals surface area contributed by atoms with Gasteiger partial charge >= 0.3 is 0 Å². The quantitative estimate of drug-likeness (QED) is 0.658. The number of benzene rings is 2. The molecule has 0 radical (unpaired) electrons. The van der Waals surface area contributed by atoms with Gasteiger partial charge in [0.2, 0.25) is 11.8 Å². The van der Waals surface area contributed by atoms with Crippen molar-refractivity contribution < 1.29 is 18.7 Å². The average molecular weight is 461 g/mol. The van der Waals surface area contributed by atoms with Gasteiger partial charge in [0, 0.05) is 13.1 Å². The molecular formula is C25H30ClFN2O3. The number of carbonyl (C=O) groups is 2. The van der Waals surface area contributed by atoms with Gasteiger partial charge in [-0.2, -0.15) is 0 Å². The minimum absolute atomic E-state index is 0.0436. The summed E-state index contributed by atoms with van der Waals surface area (Å²) in [6.07, 6.45) is 1.78. The van der Waals surface area contributed by atoms with Gasteiger partial charge in [-0.05, 0) is 60.1 Å². The summed E-state index contributed by atoms with van der Waals surface area (Å²) in [5, 5.41) is 3.47. The minimum Gasteiger partial charge on any atom is -0.495 e. The van der Waals surface area contributed by atoms with Crippen molar-refractivity contribution in [3.63, 3.8) is 0 Å². The normalized spacial score (nSPS) is 15.5. The maximum Gasteiger partial charge on any atom is 0.245 e. The lowest BCUT2D eigenvalue weighted by molar-refractivity contribution is -0.138. The van der Waals surface area contributed by atoms with Crippen LogP contribution in [0.2, 0.25) is 5.02 Å². The Hall–Kier alpha value is -2.60. The van der Waals surface area contributed by atoms with E-state index in [1.54, 1.807) is 19.2 Å². The van der Waals surface area contributed by atoms with Crippen molar-refractivity contribution >= 4 is 23.4 Å². The Morgan fingerprint density at radius 1 is 1.16 bits per heavy atom. The average Bonchev–Trinajstić information content (AvgIpc) is 2.79. The van der Waals surface area contributed by atoms with Gasteiger partial charge in [-0.15, -0.1) is 0 Å². The van der Waals surface area contributed by atoms with Crippen LogP contribution in [-0.4, -0.2) is 43.0 Å². The van der Waals surface area contributed by atoms with Crippen LogP contribution in [0.4, 0.5) is 4.39 Å². The summed E-state index contributed by atoms with van der Waals surface area (Å²) in [6.45, 7) is 5.11. The smallest absolute Gasteiger partial charge is 0.245 e. The molecule has 2 amide bonds. The van der Waals surface area contributed by atoms with Crippen molar-refractivity contribution in [2.45, 2.75) is 45.1 Å². The van der Waals surface area contributed by atoms with Gasteiger partial charge < -0.3 is 15.0 Å². The maximum absolute atomic E-state index is 13.2. The van der Waals surface area contributed by atoms with E-state index in [2.05, 4.69) is 5.32 Å². The fraction of sp³-hybridized carbons (Fsp3) is 0.440. The summed E-state index contributed by atoms with van der Waals surface area (Å²) in [4.78, 5) is 27.6. The molecular weight excluding hydrogens is 431 g/mol. The van der Waals surface area contributed by atoms with Crippen molar-refractivity contribution in [2.24, 2.45) is 5.92 Å². The van der Waals surface area contributed by atoms with Crippen LogP contribution in [0, 0.1) is 11.7 Å². The number of nitrogens with one attached hydrogen (secondary N) is 1. The minimum atomic E-state index is -0.588. The van der Waals surface area contributed by atoms with Crippen LogP contribution in [0.5, 0.6) is 5.75 Å². The lowest BCUT2D eigenvalue weighted by Gasteiger charge is -2.35. The first-order valence-electron chi connectivity index (χ1n) is 10.9. The number of amides is 2. The van der Waals surface area contributed by atoms with E-state index in [4.69, 9.17) is 16.3 Å². The molecule has 1 heterocycles. The number of halogens is 2. The Balaban J connectivity index is 1.58. The summed E-state index contributed by atoms with van der Waals surface area (Å²) in [5.41, 5.74) is 1.87. The summed E-state index contributed by atoms with van der Waals surface area (Å²) in [5.74, 6) is 0.302. The monoisotopic (exact) mass is 460 g/mol. The van der Waals surface area contributed by atoms with Crippen LogP contribution in [0.25, 0.3) is 0 Å². The van der Waals surface area contributed by atoms with Crippen LogP contribution in [-0.2, 0) is 16.0 Å². The third kappa shape index (κ3) is 6.00. The standard InChI is InChI=1S/C25H30ClFN2O3/c1-16(2)24(28-23(30)14-17-4-7-20(27)8-5-17)25(31)29-12-10-18(11-13-29)19-6-9-21(26)22(15-19)32-3/h4-9,15-16,18,24H,10-14H2,1-3H3,(H,28,30)/t24-/m1/s1. The fourth-order valence-corrected chi connectivity index (χ4v) is 4.28. The Bertz CT molecular complexity index is 941. The van der Waals surface area contributed by atoms with Crippen molar-refractivity contribution in [3.8, 4) is 5.75 Å². The molecule has 5 nitrogen and oxygen atoms in total. The molecule has 1 saturated heterocycles.